The Morgan fingerprint density at radius 1 is 1.25 bits per heavy atom. The maximum atomic E-state index is 12.2. The maximum absolute atomic E-state index is 12.2. The number of anilines is 2. The molecular weight excluding hydrogens is 276 g/mol. The highest BCUT2D eigenvalue weighted by atomic mass is 32.2. The Bertz CT molecular complexity index is 679. The molecule has 0 aliphatic rings. The number of aromatic nitrogens is 2. The predicted octanol–water partition coefficient (Wildman–Crippen LogP) is 1.85. The summed E-state index contributed by atoms with van der Waals surface area (Å²) in [6, 6.07) is 8.55. The highest BCUT2D eigenvalue weighted by molar-refractivity contribution is 7.89. The molecule has 0 aliphatic carbocycles. The van der Waals surface area contributed by atoms with Crippen LogP contribution in [0, 0.1) is 0 Å². The second-order valence-corrected chi connectivity index (χ2v) is 6.13. The molecule has 0 aliphatic heterocycles. The van der Waals surface area contributed by atoms with Gasteiger partial charge in [-0.1, -0.05) is 19.1 Å². The Balaban J connectivity index is 2.31. The van der Waals surface area contributed by atoms with Gasteiger partial charge >= 0.3 is 0 Å². The van der Waals surface area contributed by atoms with E-state index >= 15 is 0 Å². The normalized spacial score (nSPS) is 11.5. The van der Waals surface area contributed by atoms with Crippen LogP contribution in [0.25, 0.3) is 0 Å². The fourth-order valence-corrected chi connectivity index (χ4v) is 3.03. The van der Waals surface area contributed by atoms with Crippen LogP contribution in [0.4, 0.5) is 11.5 Å². The highest BCUT2D eigenvalue weighted by Gasteiger charge is 2.17. The molecule has 7 heteroatoms. The van der Waals surface area contributed by atoms with E-state index in [2.05, 4.69) is 15.1 Å². The molecule has 0 atom stereocenters. The van der Waals surface area contributed by atoms with Crippen LogP contribution in [0.2, 0.25) is 0 Å². The zero-order valence-electron chi connectivity index (χ0n) is 11.5. The molecule has 0 amide bonds. The van der Waals surface area contributed by atoms with Crippen molar-refractivity contribution in [3.05, 3.63) is 36.5 Å². The molecule has 0 saturated carbocycles. The van der Waals surface area contributed by atoms with Gasteiger partial charge in [0.2, 0.25) is 10.0 Å². The minimum Gasteiger partial charge on any atom is -0.338 e. The van der Waals surface area contributed by atoms with Crippen molar-refractivity contribution in [3.8, 4) is 0 Å². The van der Waals surface area contributed by atoms with Crippen molar-refractivity contribution in [1.29, 1.82) is 0 Å². The van der Waals surface area contributed by atoms with Crippen molar-refractivity contribution in [3.63, 3.8) is 0 Å². The summed E-state index contributed by atoms with van der Waals surface area (Å²) in [5, 5.41) is 7.21. The molecule has 2 aromatic rings. The molecule has 1 heterocycles. The van der Waals surface area contributed by atoms with E-state index in [1.54, 1.807) is 48.3 Å². The summed E-state index contributed by atoms with van der Waals surface area (Å²) in [5.74, 6) is 0.602. The van der Waals surface area contributed by atoms with Crippen molar-refractivity contribution < 1.29 is 8.42 Å². The molecule has 2 rings (SSSR count). The Kier molecular flexibility index (Phi) is 4.41. The van der Waals surface area contributed by atoms with Gasteiger partial charge in [-0.15, -0.1) is 0 Å². The third-order valence-corrected chi connectivity index (χ3v) is 4.21. The lowest BCUT2D eigenvalue weighted by Gasteiger charge is -2.11. The smallest absolute Gasteiger partial charge is 0.242 e. The third-order valence-electron chi connectivity index (χ3n) is 2.70. The monoisotopic (exact) mass is 294 g/mol. The summed E-state index contributed by atoms with van der Waals surface area (Å²) in [6.07, 6.45) is 2.53. The number of sulfonamides is 1. The van der Waals surface area contributed by atoms with Crippen LogP contribution in [-0.4, -0.2) is 24.7 Å². The first-order chi connectivity index (χ1) is 9.53. The minimum atomic E-state index is -3.51. The average molecular weight is 294 g/mol. The lowest BCUT2D eigenvalue weighted by Crippen LogP contribution is -2.25. The van der Waals surface area contributed by atoms with Gasteiger partial charge in [0.05, 0.1) is 5.69 Å². The van der Waals surface area contributed by atoms with E-state index < -0.39 is 10.0 Å². The van der Waals surface area contributed by atoms with E-state index in [0.29, 0.717) is 18.1 Å². The van der Waals surface area contributed by atoms with Crippen LogP contribution < -0.4 is 10.0 Å². The maximum Gasteiger partial charge on any atom is 0.242 e. The van der Waals surface area contributed by atoms with E-state index in [4.69, 9.17) is 0 Å². The molecule has 20 heavy (non-hydrogen) atoms. The van der Waals surface area contributed by atoms with Crippen LogP contribution in [0.1, 0.15) is 13.3 Å². The van der Waals surface area contributed by atoms with Crippen molar-refractivity contribution in [2.75, 3.05) is 11.9 Å². The van der Waals surface area contributed by atoms with Gasteiger partial charge in [-0.3, -0.25) is 4.68 Å². The van der Waals surface area contributed by atoms with Crippen molar-refractivity contribution in [2.45, 2.75) is 18.2 Å². The van der Waals surface area contributed by atoms with Gasteiger partial charge < -0.3 is 5.32 Å². The van der Waals surface area contributed by atoms with E-state index in [0.717, 1.165) is 6.42 Å². The molecule has 0 radical (unpaired) electrons. The minimum absolute atomic E-state index is 0.221. The first-order valence-corrected chi connectivity index (χ1v) is 7.86. The Morgan fingerprint density at radius 2 is 2.00 bits per heavy atom. The summed E-state index contributed by atoms with van der Waals surface area (Å²) in [4.78, 5) is 0.221. The number of benzene rings is 1. The zero-order chi connectivity index (χ0) is 14.6. The highest BCUT2D eigenvalue weighted by Crippen LogP contribution is 2.23. The largest absolute Gasteiger partial charge is 0.338 e. The molecule has 0 saturated heterocycles. The Morgan fingerprint density at radius 3 is 2.65 bits per heavy atom. The van der Waals surface area contributed by atoms with E-state index in [1.165, 1.54) is 0 Å². The number of hydrogen-bond donors (Lipinski definition) is 2. The first-order valence-electron chi connectivity index (χ1n) is 6.38. The van der Waals surface area contributed by atoms with Crippen molar-refractivity contribution in [1.82, 2.24) is 14.5 Å². The molecule has 108 valence electrons. The number of rotatable bonds is 6. The predicted molar refractivity (Wildman–Crippen MR) is 78.4 cm³/mol. The van der Waals surface area contributed by atoms with Gasteiger partial charge in [0.25, 0.3) is 0 Å². The van der Waals surface area contributed by atoms with Crippen LogP contribution in [0.15, 0.2) is 41.4 Å². The number of hydrogen-bond acceptors (Lipinski definition) is 4. The fourth-order valence-electron chi connectivity index (χ4n) is 1.74. The molecule has 0 spiro atoms. The van der Waals surface area contributed by atoms with Crippen LogP contribution >= 0.6 is 0 Å². The summed E-state index contributed by atoms with van der Waals surface area (Å²) in [6.45, 7) is 2.33. The summed E-state index contributed by atoms with van der Waals surface area (Å²) in [7, 11) is -1.71. The van der Waals surface area contributed by atoms with Gasteiger partial charge in [-0.2, -0.15) is 5.10 Å². The molecule has 1 aromatic heterocycles. The second-order valence-electron chi connectivity index (χ2n) is 4.39. The molecule has 0 fully saturated rings. The first kappa shape index (κ1) is 14.5. The standard InChI is InChI=1S/C13H18N4O2S/c1-3-9-14-20(18,19)12-7-5-4-6-11(12)15-13-8-10-17(2)16-13/h4-8,10,14H,3,9H2,1-2H3,(H,15,16). The Hall–Kier alpha value is -1.86. The Labute approximate surface area is 118 Å². The van der Waals surface area contributed by atoms with E-state index in [-0.39, 0.29) is 4.90 Å². The summed E-state index contributed by atoms with van der Waals surface area (Å²) >= 11 is 0. The fraction of sp³-hybridized carbons (Fsp3) is 0.308. The van der Waals surface area contributed by atoms with E-state index in [9.17, 15) is 8.42 Å². The molecule has 0 bridgehead atoms. The SMILES string of the molecule is CCCNS(=O)(=O)c1ccccc1Nc1ccn(C)n1. The number of nitrogens with one attached hydrogen (secondary N) is 2. The van der Waals surface area contributed by atoms with Gasteiger partial charge in [0.15, 0.2) is 5.82 Å². The quantitative estimate of drug-likeness (QED) is 0.852. The van der Waals surface area contributed by atoms with Gasteiger partial charge in [0, 0.05) is 25.9 Å². The van der Waals surface area contributed by atoms with Crippen LogP contribution in [-0.2, 0) is 17.1 Å². The number of para-hydroxylation sites is 1. The number of nitrogens with zero attached hydrogens (tertiary/aromatic N) is 2. The summed E-state index contributed by atoms with van der Waals surface area (Å²) in [5.41, 5.74) is 0.509. The molecule has 6 nitrogen and oxygen atoms in total. The topological polar surface area (TPSA) is 76.0 Å². The summed E-state index contributed by atoms with van der Waals surface area (Å²) < 4.78 is 28.7. The second kappa shape index (κ2) is 6.06. The van der Waals surface area contributed by atoms with Crippen molar-refractivity contribution >= 4 is 21.5 Å². The van der Waals surface area contributed by atoms with Gasteiger partial charge in [0.1, 0.15) is 4.90 Å². The molecule has 2 N–H and O–H groups in total. The third kappa shape index (κ3) is 3.37. The molecular formula is C13H18N4O2S. The lowest BCUT2D eigenvalue weighted by atomic mass is 10.3. The van der Waals surface area contributed by atoms with Crippen LogP contribution in [0.5, 0.6) is 0 Å². The number of aryl methyl sites for hydroxylation is 1. The van der Waals surface area contributed by atoms with Gasteiger partial charge in [-0.25, -0.2) is 13.1 Å². The van der Waals surface area contributed by atoms with Gasteiger partial charge in [-0.05, 0) is 18.6 Å². The van der Waals surface area contributed by atoms with Crippen molar-refractivity contribution in [2.24, 2.45) is 7.05 Å². The molecule has 1 aromatic carbocycles. The lowest BCUT2D eigenvalue weighted by molar-refractivity contribution is 0.581. The van der Waals surface area contributed by atoms with Crippen LogP contribution in [0.3, 0.4) is 0 Å². The molecule has 0 unspecified atom stereocenters. The zero-order valence-corrected chi connectivity index (χ0v) is 12.3. The van der Waals surface area contributed by atoms with E-state index in [1.807, 2.05) is 6.92 Å². The average Bonchev–Trinajstić information content (AvgIpc) is 2.82.